The van der Waals surface area contributed by atoms with Crippen molar-refractivity contribution in [3.05, 3.63) is 33.8 Å². The molecule has 4 nitrogen and oxygen atoms in total. The predicted molar refractivity (Wildman–Crippen MR) is 73.6 cm³/mol. The standard InChI is InChI=1S/C13H17BrN2O2/c1-8-3-4-9(5-10(8)14)13(18)16(2)11-6-15-7-12(11)17/h3-5,11-12,15,17H,6-7H2,1-2H3/t11-,12-/m0/s1. The minimum Gasteiger partial charge on any atom is -0.390 e. The smallest absolute Gasteiger partial charge is 0.254 e. The quantitative estimate of drug-likeness (QED) is 0.861. The fourth-order valence-corrected chi connectivity index (χ4v) is 2.51. The van der Waals surface area contributed by atoms with Crippen LogP contribution in [0.4, 0.5) is 0 Å². The van der Waals surface area contributed by atoms with Crippen molar-refractivity contribution in [2.45, 2.75) is 19.1 Å². The Kier molecular flexibility index (Phi) is 4.04. The monoisotopic (exact) mass is 312 g/mol. The molecule has 0 spiro atoms. The normalized spacial score (nSPS) is 23.1. The van der Waals surface area contributed by atoms with Crippen LogP contribution in [-0.4, -0.2) is 48.2 Å². The van der Waals surface area contributed by atoms with Crippen LogP contribution in [0.1, 0.15) is 15.9 Å². The third-order valence-corrected chi connectivity index (χ3v) is 4.24. The van der Waals surface area contributed by atoms with Crippen LogP contribution in [-0.2, 0) is 0 Å². The van der Waals surface area contributed by atoms with Gasteiger partial charge in [0.25, 0.3) is 5.91 Å². The molecule has 0 unspecified atom stereocenters. The molecule has 1 saturated heterocycles. The number of aliphatic hydroxyl groups excluding tert-OH is 1. The van der Waals surface area contributed by atoms with Crippen LogP contribution >= 0.6 is 15.9 Å². The van der Waals surface area contributed by atoms with E-state index >= 15 is 0 Å². The molecule has 0 saturated carbocycles. The summed E-state index contributed by atoms with van der Waals surface area (Å²) in [7, 11) is 1.73. The van der Waals surface area contributed by atoms with Gasteiger partial charge in [-0.3, -0.25) is 4.79 Å². The third kappa shape index (κ3) is 2.58. The average molecular weight is 313 g/mol. The van der Waals surface area contributed by atoms with Gasteiger partial charge in [-0.15, -0.1) is 0 Å². The maximum atomic E-state index is 12.3. The summed E-state index contributed by atoms with van der Waals surface area (Å²) in [4.78, 5) is 13.9. The zero-order valence-electron chi connectivity index (χ0n) is 10.5. The van der Waals surface area contributed by atoms with E-state index in [0.717, 1.165) is 10.0 Å². The molecule has 1 amide bonds. The molecule has 1 aliphatic rings. The number of aliphatic hydroxyl groups is 1. The van der Waals surface area contributed by atoms with E-state index in [2.05, 4.69) is 21.2 Å². The maximum absolute atomic E-state index is 12.3. The maximum Gasteiger partial charge on any atom is 0.254 e. The van der Waals surface area contributed by atoms with Gasteiger partial charge in [0.2, 0.25) is 0 Å². The van der Waals surface area contributed by atoms with Gasteiger partial charge in [-0.2, -0.15) is 0 Å². The van der Waals surface area contributed by atoms with E-state index in [0.29, 0.717) is 18.7 Å². The Bertz CT molecular complexity index is 464. The number of rotatable bonds is 2. The largest absolute Gasteiger partial charge is 0.390 e. The van der Waals surface area contributed by atoms with Gasteiger partial charge in [0, 0.05) is 30.2 Å². The second-order valence-corrected chi connectivity index (χ2v) is 5.53. The van der Waals surface area contributed by atoms with Crippen LogP contribution in [0, 0.1) is 6.92 Å². The molecule has 0 aromatic heterocycles. The van der Waals surface area contributed by atoms with Gasteiger partial charge in [0.1, 0.15) is 0 Å². The van der Waals surface area contributed by atoms with Gasteiger partial charge in [0.05, 0.1) is 12.1 Å². The molecule has 5 heteroatoms. The molecule has 0 bridgehead atoms. The summed E-state index contributed by atoms with van der Waals surface area (Å²) in [6.07, 6.45) is -0.493. The van der Waals surface area contributed by atoms with E-state index in [9.17, 15) is 9.90 Å². The minimum atomic E-state index is -0.493. The summed E-state index contributed by atoms with van der Waals surface area (Å²) in [5.74, 6) is -0.0662. The molecule has 1 aromatic carbocycles. The molecule has 1 fully saturated rings. The zero-order valence-corrected chi connectivity index (χ0v) is 12.1. The van der Waals surface area contributed by atoms with Crippen molar-refractivity contribution >= 4 is 21.8 Å². The molecule has 1 heterocycles. The molecule has 0 radical (unpaired) electrons. The number of β-amino-alcohol motifs (C(OH)–C–C–N with tert-alkyl or cyclic N) is 1. The molecular formula is C13H17BrN2O2. The Hall–Kier alpha value is -0.910. The lowest BCUT2D eigenvalue weighted by molar-refractivity contribution is 0.0581. The first kappa shape index (κ1) is 13.5. The van der Waals surface area contributed by atoms with Crippen molar-refractivity contribution in [1.29, 1.82) is 0 Å². The van der Waals surface area contributed by atoms with Gasteiger partial charge in [0.15, 0.2) is 0 Å². The number of hydrogen-bond donors (Lipinski definition) is 2. The first-order valence-corrected chi connectivity index (χ1v) is 6.72. The molecule has 1 aromatic rings. The number of carbonyl (C=O) groups excluding carboxylic acids is 1. The Balaban J connectivity index is 2.17. The van der Waals surface area contributed by atoms with E-state index in [1.165, 1.54) is 0 Å². The topological polar surface area (TPSA) is 52.6 Å². The van der Waals surface area contributed by atoms with Crippen molar-refractivity contribution in [2.75, 3.05) is 20.1 Å². The van der Waals surface area contributed by atoms with Crippen LogP contribution < -0.4 is 5.32 Å². The molecule has 2 rings (SSSR count). The fourth-order valence-electron chi connectivity index (χ4n) is 2.13. The van der Waals surface area contributed by atoms with Gasteiger partial charge in [-0.05, 0) is 24.6 Å². The van der Waals surface area contributed by atoms with E-state index in [4.69, 9.17) is 0 Å². The second kappa shape index (κ2) is 5.38. The molecule has 18 heavy (non-hydrogen) atoms. The van der Waals surface area contributed by atoms with Gasteiger partial charge >= 0.3 is 0 Å². The van der Waals surface area contributed by atoms with Crippen molar-refractivity contribution in [1.82, 2.24) is 10.2 Å². The SMILES string of the molecule is Cc1ccc(C(=O)N(C)[C@H]2CNC[C@@H]2O)cc1Br. The van der Waals surface area contributed by atoms with Crippen LogP contribution in [0.25, 0.3) is 0 Å². The summed E-state index contributed by atoms with van der Waals surface area (Å²) in [6.45, 7) is 3.16. The van der Waals surface area contributed by atoms with Crippen molar-refractivity contribution in [3.8, 4) is 0 Å². The number of likely N-dealkylation sites (N-methyl/N-ethyl adjacent to an activating group) is 1. The molecule has 2 N–H and O–H groups in total. The number of carbonyl (C=O) groups is 1. The summed E-state index contributed by atoms with van der Waals surface area (Å²) < 4.78 is 0.923. The van der Waals surface area contributed by atoms with Gasteiger partial charge < -0.3 is 15.3 Å². The Morgan fingerprint density at radius 3 is 2.78 bits per heavy atom. The van der Waals surface area contributed by atoms with E-state index in [1.54, 1.807) is 11.9 Å². The van der Waals surface area contributed by atoms with Crippen molar-refractivity contribution in [3.63, 3.8) is 0 Å². The van der Waals surface area contributed by atoms with Crippen LogP contribution in [0.15, 0.2) is 22.7 Å². The Morgan fingerprint density at radius 1 is 1.50 bits per heavy atom. The zero-order chi connectivity index (χ0) is 13.3. The summed E-state index contributed by atoms with van der Waals surface area (Å²) in [5.41, 5.74) is 1.73. The molecule has 2 atom stereocenters. The lowest BCUT2D eigenvalue weighted by atomic mass is 10.1. The third-order valence-electron chi connectivity index (χ3n) is 3.39. The fraction of sp³-hybridized carbons (Fsp3) is 0.462. The molecule has 98 valence electrons. The number of hydrogen-bond acceptors (Lipinski definition) is 3. The Labute approximate surface area is 115 Å². The highest BCUT2D eigenvalue weighted by Crippen LogP contribution is 2.19. The highest BCUT2D eigenvalue weighted by Gasteiger charge is 2.31. The van der Waals surface area contributed by atoms with E-state index in [1.807, 2.05) is 25.1 Å². The summed E-state index contributed by atoms with van der Waals surface area (Å²) in [5, 5.41) is 12.9. The lowest BCUT2D eigenvalue weighted by Gasteiger charge is -2.26. The minimum absolute atomic E-state index is 0.0662. The molecule has 1 aliphatic heterocycles. The Morgan fingerprint density at radius 2 is 2.22 bits per heavy atom. The van der Waals surface area contributed by atoms with E-state index in [-0.39, 0.29) is 11.9 Å². The summed E-state index contributed by atoms with van der Waals surface area (Å²) in [6, 6.07) is 5.39. The highest BCUT2D eigenvalue weighted by atomic mass is 79.9. The number of nitrogens with zero attached hydrogens (tertiary/aromatic N) is 1. The number of aryl methyl sites for hydroxylation is 1. The van der Waals surface area contributed by atoms with Crippen molar-refractivity contribution < 1.29 is 9.90 Å². The first-order chi connectivity index (χ1) is 8.50. The number of nitrogens with one attached hydrogen (secondary N) is 1. The highest BCUT2D eigenvalue weighted by molar-refractivity contribution is 9.10. The number of benzene rings is 1. The average Bonchev–Trinajstić information content (AvgIpc) is 2.77. The summed E-state index contributed by atoms with van der Waals surface area (Å²) >= 11 is 3.43. The molecule has 0 aliphatic carbocycles. The predicted octanol–water partition coefficient (Wildman–Crippen LogP) is 1.16. The van der Waals surface area contributed by atoms with Gasteiger partial charge in [-0.1, -0.05) is 22.0 Å². The lowest BCUT2D eigenvalue weighted by Crippen LogP contribution is -2.44. The number of halogens is 1. The van der Waals surface area contributed by atoms with Crippen LogP contribution in [0.5, 0.6) is 0 Å². The number of amides is 1. The van der Waals surface area contributed by atoms with Crippen LogP contribution in [0.2, 0.25) is 0 Å². The van der Waals surface area contributed by atoms with Crippen molar-refractivity contribution in [2.24, 2.45) is 0 Å². The van der Waals surface area contributed by atoms with Gasteiger partial charge in [-0.25, -0.2) is 0 Å². The molecular weight excluding hydrogens is 296 g/mol. The van der Waals surface area contributed by atoms with Crippen LogP contribution in [0.3, 0.4) is 0 Å². The van der Waals surface area contributed by atoms with E-state index < -0.39 is 6.10 Å². The first-order valence-electron chi connectivity index (χ1n) is 5.93. The second-order valence-electron chi connectivity index (χ2n) is 4.67.